The standard InChI is InChI=1S/C9H5FO/c10-8-5-9(11)7-4-2-1-3-6(7)8/h1-5H. The Hall–Kier alpha value is -1.44. The molecule has 1 aliphatic rings. The lowest BCUT2D eigenvalue weighted by Gasteiger charge is -1.93. The maximum atomic E-state index is 12.8. The van der Waals surface area contributed by atoms with Gasteiger partial charge in [0.05, 0.1) is 0 Å². The molecule has 1 nitrogen and oxygen atoms in total. The Morgan fingerprint density at radius 3 is 2.36 bits per heavy atom. The number of benzene rings is 1. The number of allylic oxidation sites excluding steroid dienone is 1. The van der Waals surface area contributed by atoms with Crippen LogP contribution in [0.2, 0.25) is 0 Å². The molecule has 0 fully saturated rings. The van der Waals surface area contributed by atoms with Gasteiger partial charge in [-0.3, -0.25) is 4.79 Å². The summed E-state index contributed by atoms with van der Waals surface area (Å²) in [6.07, 6.45) is 1.02. The van der Waals surface area contributed by atoms with Crippen molar-refractivity contribution in [2.45, 2.75) is 0 Å². The predicted molar refractivity (Wildman–Crippen MR) is 39.9 cm³/mol. The molecule has 2 heteroatoms. The van der Waals surface area contributed by atoms with Gasteiger partial charge in [0, 0.05) is 17.2 Å². The van der Waals surface area contributed by atoms with E-state index < -0.39 is 5.83 Å². The van der Waals surface area contributed by atoms with Crippen molar-refractivity contribution in [2.75, 3.05) is 0 Å². The molecule has 0 unspecified atom stereocenters. The summed E-state index contributed by atoms with van der Waals surface area (Å²) in [6, 6.07) is 6.67. The van der Waals surface area contributed by atoms with Gasteiger partial charge in [0.25, 0.3) is 0 Å². The van der Waals surface area contributed by atoms with Gasteiger partial charge in [-0.25, -0.2) is 4.39 Å². The molecule has 1 aliphatic carbocycles. The predicted octanol–water partition coefficient (Wildman–Crippen LogP) is 2.19. The van der Waals surface area contributed by atoms with Crippen LogP contribution in [0.4, 0.5) is 4.39 Å². The van der Waals surface area contributed by atoms with Gasteiger partial charge in [-0.2, -0.15) is 0 Å². The molecule has 0 N–H and O–H groups in total. The lowest BCUT2D eigenvalue weighted by Crippen LogP contribution is -1.89. The Balaban J connectivity index is 2.71. The Kier molecular flexibility index (Phi) is 1.15. The van der Waals surface area contributed by atoms with Gasteiger partial charge >= 0.3 is 0 Å². The average molecular weight is 148 g/mol. The minimum Gasteiger partial charge on any atom is -0.289 e. The number of ketones is 1. The Morgan fingerprint density at radius 2 is 1.73 bits per heavy atom. The summed E-state index contributed by atoms with van der Waals surface area (Å²) in [5.41, 5.74) is 0.877. The van der Waals surface area contributed by atoms with E-state index in [1.165, 1.54) is 0 Å². The molecule has 0 spiro atoms. The number of halogens is 1. The average Bonchev–Trinajstić information content (AvgIpc) is 2.30. The highest BCUT2D eigenvalue weighted by Gasteiger charge is 2.19. The normalized spacial score (nSPS) is 14.6. The largest absolute Gasteiger partial charge is 0.289 e. The topological polar surface area (TPSA) is 17.1 Å². The van der Waals surface area contributed by atoms with E-state index in [4.69, 9.17) is 0 Å². The zero-order chi connectivity index (χ0) is 7.84. The summed E-state index contributed by atoms with van der Waals surface area (Å²) in [7, 11) is 0. The van der Waals surface area contributed by atoms with E-state index in [1.807, 2.05) is 0 Å². The maximum Gasteiger partial charge on any atom is 0.189 e. The number of fused-ring (bicyclic) bond motifs is 1. The van der Waals surface area contributed by atoms with Gasteiger partial charge in [0.1, 0.15) is 5.83 Å². The molecule has 1 aromatic rings. The second-order valence-electron chi connectivity index (χ2n) is 2.40. The Labute approximate surface area is 63.2 Å². The fourth-order valence-electron chi connectivity index (χ4n) is 1.18. The third kappa shape index (κ3) is 0.792. The highest BCUT2D eigenvalue weighted by atomic mass is 19.1. The summed E-state index contributed by atoms with van der Waals surface area (Å²) in [5, 5.41) is 0. The second kappa shape index (κ2) is 2.02. The fraction of sp³-hybridized carbons (Fsp3) is 0. The highest BCUT2D eigenvalue weighted by Crippen LogP contribution is 2.27. The number of hydrogen-bond donors (Lipinski definition) is 0. The molecule has 0 amide bonds. The Morgan fingerprint density at radius 1 is 1.09 bits per heavy atom. The molecule has 0 bridgehead atoms. The summed E-state index contributed by atoms with van der Waals surface area (Å²) >= 11 is 0. The van der Waals surface area contributed by atoms with Crippen LogP contribution in [0.15, 0.2) is 30.3 Å². The van der Waals surface area contributed by atoms with E-state index in [0.29, 0.717) is 11.1 Å². The van der Waals surface area contributed by atoms with Crippen LogP contribution in [0.1, 0.15) is 15.9 Å². The van der Waals surface area contributed by atoms with Crippen LogP contribution in [0, 0.1) is 0 Å². The van der Waals surface area contributed by atoms with Gasteiger partial charge < -0.3 is 0 Å². The molecule has 11 heavy (non-hydrogen) atoms. The molecular formula is C9H5FO. The summed E-state index contributed by atoms with van der Waals surface area (Å²) in [5.74, 6) is -0.663. The van der Waals surface area contributed by atoms with Crippen molar-refractivity contribution >= 4 is 11.6 Å². The van der Waals surface area contributed by atoms with Crippen LogP contribution in [0.25, 0.3) is 5.83 Å². The molecule has 0 saturated carbocycles. The van der Waals surface area contributed by atoms with Gasteiger partial charge in [-0.1, -0.05) is 24.3 Å². The van der Waals surface area contributed by atoms with Crippen LogP contribution >= 0.6 is 0 Å². The number of hydrogen-bond acceptors (Lipinski definition) is 1. The number of carbonyl (C=O) groups is 1. The Bertz CT molecular complexity index is 352. The molecule has 54 valence electrons. The van der Waals surface area contributed by atoms with Crippen LogP contribution in [-0.2, 0) is 0 Å². The van der Waals surface area contributed by atoms with Crippen molar-refractivity contribution in [1.29, 1.82) is 0 Å². The lowest BCUT2D eigenvalue weighted by molar-refractivity contribution is 0.105. The van der Waals surface area contributed by atoms with Crippen molar-refractivity contribution in [2.24, 2.45) is 0 Å². The van der Waals surface area contributed by atoms with Crippen molar-refractivity contribution < 1.29 is 9.18 Å². The van der Waals surface area contributed by atoms with Crippen molar-refractivity contribution in [3.05, 3.63) is 41.5 Å². The first-order valence-corrected chi connectivity index (χ1v) is 3.30. The van der Waals surface area contributed by atoms with E-state index in [1.54, 1.807) is 24.3 Å². The van der Waals surface area contributed by atoms with Gasteiger partial charge in [-0.15, -0.1) is 0 Å². The van der Waals surface area contributed by atoms with Gasteiger partial charge in [0.2, 0.25) is 0 Å². The zero-order valence-electron chi connectivity index (χ0n) is 5.67. The van der Waals surface area contributed by atoms with Gasteiger partial charge in [-0.05, 0) is 0 Å². The van der Waals surface area contributed by atoms with Crippen LogP contribution in [0.5, 0.6) is 0 Å². The molecule has 0 aliphatic heterocycles. The molecular weight excluding hydrogens is 143 g/mol. The van der Waals surface area contributed by atoms with E-state index in [2.05, 4.69) is 0 Å². The van der Waals surface area contributed by atoms with Crippen molar-refractivity contribution in [1.82, 2.24) is 0 Å². The highest BCUT2D eigenvalue weighted by molar-refractivity contribution is 6.15. The van der Waals surface area contributed by atoms with Crippen LogP contribution < -0.4 is 0 Å². The summed E-state index contributed by atoms with van der Waals surface area (Å²) in [4.78, 5) is 11.0. The van der Waals surface area contributed by atoms with Crippen LogP contribution in [-0.4, -0.2) is 5.78 Å². The first kappa shape index (κ1) is 6.28. The number of rotatable bonds is 0. The number of carbonyl (C=O) groups excluding carboxylic acids is 1. The third-order valence-corrected chi connectivity index (χ3v) is 1.71. The molecule has 0 heterocycles. The third-order valence-electron chi connectivity index (χ3n) is 1.71. The summed E-state index contributed by atoms with van der Waals surface area (Å²) in [6.45, 7) is 0. The van der Waals surface area contributed by atoms with Crippen molar-refractivity contribution in [3.8, 4) is 0 Å². The smallest absolute Gasteiger partial charge is 0.189 e. The quantitative estimate of drug-likeness (QED) is 0.551. The monoisotopic (exact) mass is 148 g/mol. The lowest BCUT2D eigenvalue weighted by atomic mass is 10.1. The summed E-state index contributed by atoms with van der Waals surface area (Å²) < 4.78 is 12.8. The van der Waals surface area contributed by atoms with Gasteiger partial charge in [0.15, 0.2) is 5.78 Å². The minimum absolute atomic E-state index is 0.238. The molecule has 0 saturated heterocycles. The van der Waals surface area contributed by atoms with E-state index in [9.17, 15) is 9.18 Å². The zero-order valence-corrected chi connectivity index (χ0v) is 5.67. The molecule has 0 radical (unpaired) electrons. The fourth-order valence-corrected chi connectivity index (χ4v) is 1.18. The molecule has 0 aromatic heterocycles. The molecule has 2 rings (SSSR count). The van der Waals surface area contributed by atoms with Crippen LogP contribution in [0.3, 0.4) is 0 Å². The van der Waals surface area contributed by atoms with E-state index in [-0.39, 0.29) is 5.78 Å². The SMILES string of the molecule is O=C1C=C(F)c2ccccc21. The van der Waals surface area contributed by atoms with E-state index >= 15 is 0 Å². The van der Waals surface area contributed by atoms with E-state index in [0.717, 1.165) is 6.08 Å². The molecule has 0 atom stereocenters. The first-order valence-electron chi connectivity index (χ1n) is 3.30. The first-order chi connectivity index (χ1) is 5.29. The van der Waals surface area contributed by atoms with Crippen molar-refractivity contribution in [3.63, 3.8) is 0 Å². The maximum absolute atomic E-state index is 12.8. The molecule has 1 aromatic carbocycles. The minimum atomic E-state index is -0.425. The second-order valence-corrected chi connectivity index (χ2v) is 2.40.